The molecular weight excluding hydrogens is 488 g/mol. The van der Waals surface area contributed by atoms with E-state index in [-0.39, 0.29) is 11.4 Å². The van der Waals surface area contributed by atoms with Gasteiger partial charge in [-0.05, 0) is 31.2 Å². The van der Waals surface area contributed by atoms with Gasteiger partial charge in [0, 0.05) is 32.4 Å². The highest BCUT2D eigenvalue weighted by Crippen LogP contribution is 2.30. The Morgan fingerprint density at radius 2 is 1.92 bits per heavy atom. The van der Waals surface area contributed by atoms with Crippen molar-refractivity contribution in [2.45, 2.75) is 13.2 Å². The van der Waals surface area contributed by atoms with Crippen molar-refractivity contribution in [1.29, 1.82) is 0 Å². The van der Waals surface area contributed by atoms with Crippen molar-refractivity contribution in [2.24, 2.45) is 7.05 Å². The van der Waals surface area contributed by atoms with Crippen molar-refractivity contribution < 1.29 is 14.6 Å². The van der Waals surface area contributed by atoms with Crippen LogP contribution in [-0.2, 0) is 7.05 Å². The molecule has 6 rings (SSSR count). The number of hydrogen-bond acceptors (Lipinski definition) is 8. The molecule has 1 atom stereocenters. The van der Waals surface area contributed by atoms with Crippen LogP contribution in [0.4, 0.5) is 5.82 Å². The molecule has 12 nitrogen and oxygen atoms in total. The van der Waals surface area contributed by atoms with E-state index in [0.717, 1.165) is 13.1 Å². The molecule has 0 saturated carbocycles. The van der Waals surface area contributed by atoms with Crippen molar-refractivity contribution in [2.75, 3.05) is 18.4 Å². The summed E-state index contributed by atoms with van der Waals surface area (Å²) < 4.78 is 9.07. The monoisotopic (exact) mass is 512 g/mol. The number of aromatic amines is 1. The SMILES string of the molecule is Cc1c(C(=O)Nc2ccc(Oc3ccnc4nc(C(O)N5CC5)[nH]c34)cn2)c(=O)n(-c2ccccc2)n1C. The first-order valence-corrected chi connectivity index (χ1v) is 12.0. The second kappa shape index (κ2) is 9.25. The van der Waals surface area contributed by atoms with Gasteiger partial charge in [-0.3, -0.25) is 19.2 Å². The van der Waals surface area contributed by atoms with Crippen LogP contribution in [0.1, 0.15) is 28.1 Å². The van der Waals surface area contributed by atoms with Crippen molar-refractivity contribution in [1.82, 2.24) is 34.2 Å². The molecule has 0 radical (unpaired) electrons. The van der Waals surface area contributed by atoms with Gasteiger partial charge in [0.1, 0.15) is 22.6 Å². The molecule has 192 valence electrons. The summed E-state index contributed by atoms with van der Waals surface area (Å²) in [5.74, 6) is 0.998. The number of fused-ring (bicyclic) bond motifs is 1. The summed E-state index contributed by atoms with van der Waals surface area (Å²) in [6.45, 7) is 3.35. The van der Waals surface area contributed by atoms with Gasteiger partial charge in [-0.1, -0.05) is 18.2 Å². The molecule has 1 amide bonds. The van der Waals surface area contributed by atoms with Gasteiger partial charge >= 0.3 is 0 Å². The van der Waals surface area contributed by atoms with Gasteiger partial charge in [0.2, 0.25) is 0 Å². The maximum Gasteiger partial charge on any atom is 0.284 e. The first kappa shape index (κ1) is 23.6. The van der Waals surface area contributed by atoms with Crippen LogP contribution in [0.15, 0.2) is 65.7 Å². The van der Waals surface area contributed by atoms with E-state index in [1.807, 2.05) is 23.1 Å². The fraction of sp³-hybridized carbons (Fsp3) is 0.192. The highest BCUT2D eigenvalue weighted by Gasteiger charge is 2.29. The summed E-state index contributed by atoms with van der Waals surface area (Å²) in [4.78, 5) is 43.9. The van der Waals surface area contributed by atoms with Crippen LogP contribution >= 0.6 is 0 Å². The molecule has 1 aliphatic rings. The van der Waals surface area contributed by atoms with Crippen LogP contribution in [0.5, 0.6) is 11.5 Å². The molecule has 5 heterocycles. The first-order valence-electron chi connectivity index (χ1n) is 12.0. The van der Waals surface area contributed by atoms with E-state index in [9.17, 15) is 14.7 Å². The number of aliphatic hydroxyl groups is 1. The van der Waals surface area contributed by atoms with Gasteiger partial charge in [-0.15, -0.1) is 0 Å². The Hall–Kier alpha value is -4.81. The molecule has 1 fully saturated rings. The Morgan fingerprint density at radius 3 is 2.63 bits per heavy atom. The number of carbonyl (C=O) groups excluding carboxylic acids is 1. The normalized spacial score (nSPS) is 14.0. The predicted molar refractivity (Wildman–Crippen MR) is 138 cm³/mol. The van der Waals surface area contributed by atoms with Crippen LogP contribution in [0.25, 0.3) is 16.9 Å². The minimum absolute atomic E-state index is 0.0393. The fourth-order valence-corrected chi connectivity index (χ4v) is 4.24. The van der Waals surface area contributed by atoms with Gasteiger partial charge in [0.25, 0.3) is 11.5 Å². The summed E-state index contributed by atoms with van der Waals surface area (Å²) in [7, 11) is 1.73. The van der Waals surface area contributed by atoms with Gasteiger partial charge in [0.05, 0.1) is 17.6 Å². The number of para-hydroxylation sites is 1. The summed E-state index contributed by atoms with van der Waals surface area (Å²) >= 11 is 0. The highest BCUT2D eigenvalue weighted by molar-refractivity contribution is 6.04. The lowest BCUT2D eigenvalue weighted by Crippen LogP contribution is -2.25. The zero-order valence-electron chi connectivity index (χ0n) is 20.6. The largest absolute Gasteiger partial charge is 0.453 e. The van der Waals surface area contributed by atoms with E-state index < -0.39 is 17.7 Å². The second-order valence-corrected chi connectivity index (χ2v) is 8.91. The lowest BCUT2D eigenvalue weighted by Gasteiger charge is -2.08. The molecule has 1 aliphatic heterocycles. The fourth-order valence-electron chi connectivity index (χ4n) is 4.24. The third kappa shape index (κ3) is 4.21. The average Bonchev–Trinajstić information content (AvgIpc) is 3.63. The van der Waals surface area contributed by atoms with E-state index in [4.69, 9.17) is 4.74 Å². The standard InChI is InChI=1S/C26H24N8O4/c1-15-20(25(36)34(32(15)2)16-6-4-3-5-7-16)24(35)29-19-9-8-17(14-28-19)38-18-10-11-27-22-21(18)30-23(31-22)26(37)33-12-13-33/h3-11,14,26,37H,12-13H2,1-2H3,(H,27,30,31)(H,28,29,35). The maximum atomic E-state index is 13.1. The van der Waals surface area contributed by atoms with Crippen LogP contribution in [0, 0.1) is 6.92 Å². The Bertz CT molecular complexity index is 1700. The molecule has 0 bridgehead atoms. The number of carbonyl (C=O) groups is 1. The summed E-state index contributed by atoms with van der Waals surface area (Å²) in [5.41, 5.74) is 1.79. The molecule has 4 aromatic heterocycles. The molecule has 38 heavy (non-hydrogen) atoms. The van der Waals surface area contributed by atoms with E-state index in [1.54, 1.807) is 55.2 Å². The van der Waals surface area contributed by atoms with Crippen molar-refractivity contribution >= 4 is 22.9 Å². The topological polar surface area (TPSA) is 143 Å². The number of benzene rings is 1. The third-order valence-electron chi connectivity index (χ3n) is 6.43. The Balaban J connectivity index is 1.20. The zero-order valence-corrected chi connectivity index (χ0v) is 20.6. The summed E-state index contributed by atoms with van der Waals surface area (Å²) in [6.07, 6.45) is 2.22. The van der Waals surface area contributed by atoms with Crippen molar-refractivity contribution in [3.8, 4) is 17.2 Å². The van der Waals surface area contributed by atoms with E-state index in [2.05, 4.69) is 25.3 Å². The Labute approximate surface area is 216 Å². The third-order valence-corrected chi connectivity index (χ3v) is 6.43. The van der Waals surface area contributed by atoms with Gasteiger partial charge < -0.3 is 20.1 Å². The molecule has 1 unspecified atom stereocenters. The molecule has 3 N–H and O–H groups in total. The number of anilines is 1. The summed E-state index contributed by atoms with van der Waals surface area (Å²) in [6, 6.07) is 14.0. The summed E-state index contributed by atoms with van der Waals surface area (Å²) in [5, 5.41) is 13.0. The first-order chi connectivity index (χ1) is 18.4. The van der Waals surface area contributed by atoms with Gasteiger partial charge in [-0.25, -0.2) is 19.6 Å². The van der Waals surface area contributed by atoms with Crippen LogP contribution in [0.3, 0.4) is 0 Å². The highest BCUT2D eigenvalue weighted by atomic mass is 16.5. The number of nitrogens with zero attached hydrogens (tertiary/aromatic N) is 6. The van der Waals surface area contributed by atoms with Gasteiger partial charge in [-0.2, -0.15) is 0 Å². The number of nitrogens with one attached hydrogen (secondary N) is 2. The molecule has 0 aliphatic carbocycles. The number of pyridine rings is 2. The van der Waals surface area contributed by atoms with Crippen molar-refractivity contribution in [3.63, 3.8) is 0 Å². The molecule has 0 spiro atoms. The Morgan fingerprint density at radius 1 is 1.13 bits per heavy atom. The molecule has 1 saturated heterocycles. The minimum Gasteiger partial charge on any atom is -0.453 e. The number of imidazole rings is 1. The van der Waals surface area contributed by atoms with Crippen LogP contribution in [0.2, 0.25) is 0 Å². The number of rotatable bonds is 7. The smallest absolute Gasteiger partial charge is 0.284 e. The molecule has 1 aromatic carbocycles. The lowest BCUT2D eigenvalue weighted by molar-refractivity contribution is 0.0731. The van der Waals surface area contributed by atoms with Gasteiger partial charge in [0.15, 0.2) is 23.4 Å². The minimum atomic E-state index is -0.813. The lowest BCUT2D eigenvalue weighted by atomic mass is 10.2. The van der Waals surface area contributed by atoms with Crippen LogP contribution < -0.4 is 15.6 Å². The second-order valence-electron chi connectivity index (χ2n) is 8.91. The number of aliphatic hydroxyl groups excluding tert-OH is 1. The number of hydrogen-bond donors (Lipinski definition) is 3. The van der Waals surface area contributed by atoms with Crippen molar-refractivity contribution in [3.05, 3.63) is 88.4 Å². The maximum absolute atomic E-state index is 13.1. The van der Waals surface area contributed by atoms with E-state index >= 15 is 0 Å². The molecular formula is C26H24N8O4. The predicted octanol–water partition coefficient (Wildman–Crippen LogP) is 2.50. The number of aromatic nitrogens is 6. The van der Waals surface area contributed by atoms with E-state index in [1.165, 1.54) is 10.9 Å². The average molecular weight is 513 g/mol. The quantitative estimate of drug-likeness (QED) is 0.282. The molecule has 12 heteroatoms. The molecule has 5 aromatic rings. The number of amides is 1. The Kier molecular flexibility index (Phi) is 5.74. The van der Waals surface area contributed by atoms with E-state index in [0.29, 0.717) is 39.9 Å². The zero-order chi connectivity index (χ0) is 26.4. The number of ether oxygens (including phenoxy) is 1. The van der Waals surface area contributed by atoms with Crippen LogP contribution in [-0.4, -0.2) is 58.3 Å². The number of H-pyrrole nitrogens is 1.